The molecule has 1 aliphatic rings. The molecule has 1 atom stereocenters. The first kappa shape index (κ1) is 14.1. The van der Waals surface area contributed by atoms with Gasteiger partial charge in [-0.05, 0) is 27.7 Å². The van der Waals surface area contributed by atoms with Crippen molar-refractivity contribution in [2.45, 2.75) is 37.6 Å². The van der Waals surface area contributed by atoms with Crippen LogP contribution in [0, 0.1) is 10.8 Å². The summed E-state index contributed by atoms with van der Waals surface area (Å²) in [4.78, 5) is 23.8. The lowest BCUT2D eigenvalue weighted by Crippen LogP contribution is -2.59. The highest BCUT2D eigenvalue weighted by Gasteiger charge is 2.60. The predicted octanol–water partition coefficient (Wildman–Crippen LogP) is 2.90. The van der Waals surface area contributed by atoms with E-state index in [1.807, 2.05) is 0 Å². The van der Waals surface area contributed by atoms with E-state index in [4.69, 9.17) is 39.5 Å². The lowest BCUT2D eigenvalue weighted by molar-refractivity contribution is -0.185. The van der Waals surface area contributed by atoms with Gasteiger partial charge < -0.3 is 4.74 Å². The predicted molar refractivity (Wildman–Crippen MR) is 62.7 cm³/mol. The van der Waals surface area contributed by atoms with Crippen LogP contribution in [0.15, 0.2) is 0 Å². The molecule has 0 aromatic carbocycles. The summed E-state index contributed by atoms with van der Waals surface area (Å²) >= 11 is 17.2. The van der Waals surface area contributed by atoms with Gasteiger partial charge in [0.05, 0.1) is 5.41 Å². The van der Waals surface area contributed by atoms with Gasteiger partial charge in [0, 0.05) is 0 Å². The second-order valence-corrected chi connectivity index (χ2v) is 7.37. The van der Waals surface area contributed by atoms with Gasteiger partial charge in [0.25, 0.3) is 0 Å². The minimum Gasteiger partial charge on any atom is -0.456 e. The maximum Gasteiger partial charge on any atom is 0.319 e. The van der Waals surface area contributed by atoms with Crippen LogP contribution in [-0.4, -0.2) is 21.6 Å². The van der Waals surface area contributed by atoms with E-state index in [9.17, 15) is 9.59 Å². The molecular weight excluding hydrogens is 274 g/mol. The largest absolute Gasteiger partial charge is 0.456 e. The van der Waals surface area contributed by atoms with Crippen LogP contribution in [0.5, 0.6) is 0 Å². The molecule has 0 N–H and O–H groups in total. The second-order valence-electron chi connectivity index (χ2n) is 5.00. The average Bonchev–Trinajstić information content (AvgIpc) is 2.07. The summed E-state index contributed by atoms with van der Waals surface area (Å²) in [6.07, 6.45) is -1.07. The van der Waals surface area contributed by atoms with Crippen molar-refractivity contribution in [1.29, 1.82) is 0 Å². The molecule has 0 aliphatic carbocycles. The van der Waals surface area contributed by atoms with Gasteiger partial charge in [-0.3, -0.25) is 9.59 Å². The highest BCUT2D eigenvalue weighted by molar-refractivity contribution is 6.68. The number of hydrogen-bond donors (Lipinski definition) is 0. The number of esters is 1. The minimum atomic E-state index is -1.81. The third-order valence-corrected chi connectivity index (χ3v) is 3.44. The van der Waals surface area contributed by atoms with E-state index >= 15 is 0 Å². The maximum atomic E-state index is 12.2. The summed E-state index contributed by atoms with van der Waals surface area (Å²) in [6.45, 7) is 6.23. The molecule has 0 aromatic rings. The normalized spacial score (nSPS) is 28.8. The SMILES string of the molecule is CC1(C)C(=O)O[C@H](C(Cl)(Cl)Cl)C(C)(C)C1=O. The summed E-state index contributed by atoms with van der Waals surface area (Å²) in [7, 11) is 0. The quantitative estimate of drug-likeness (QED) is 0.391. The van der Waals surface area contributed by atoms with Gasteiger partial charge in [0.2, 0.25) is 3.79 Å². The average molecular weight is 288 g/mol. The monoisotopic (exact) mass is 286 g/mol. The van der Waals surface area contributed by atoms with Gasteiger partial charge in [-0.2, -0.15) is 0 Å². The minimum absolute atomic E-state index is 0.285. The van der Waals surface area contributed by atoms with E-state index in [0.717, 1.165) is 0 Å². The number of alkyl halides is 3. The van der Waals surface area contributed by atoms with Crippen LogP contribution in [-0.2, 0) is 14.3 Å². The third kappa shape index (κ3) is 2.05. The molecule has 3 nitrogen and oxygen atoms in total. The van der Waals surface area contributed by atoms with Gasteiger partial charge in [0.1, 0.15) is 5.41 Å². The van der Waals surface area contributed by atoms with Crippen molar-refractivity contribution in [3.05, 3.63) is 0 Å². The lowest BCUT2D eigenvalue weighted by Gasteiger charge is -2.45. The van der Waals surface area contributed by atoms with E-state index < -0.39 is 26.7 Å². The Bertz CT molecular complexity index is 342. The molecule has 0 amide bonds. The van der Waals surface area contributed by atoms with E-state index in [2.05, 4.69) is 0 Å². The Kier molecular flexibility index (Phi) is 3.30. The van der Waals surface area contributed by atoms with E-state index in [0.29, 0.717) is 0 Å². The van der Waals surface area contributed by atoms with Crippen molar-refractivity contribution in [1.82, 2.24) is 0 Å². The molecule has 1 saturated heterocycles. The van der Waals surface area contributed by atoms with Crippen molar-refractivity contribution in [2.24, 2.45) is 10.8 Å². The van der Waals surface area contributed by atoms with Crippen LogP contribution >= 0.6 is 34.8 Å². The number of carbonyl (C=O) groups is 2. The van der Waals surface area contributed by atoms with Crippen molar-refractivity contribution in [3.8, 4) is 0 Å². The van der Waals surface area contributed by atoms with Crippen LogP contribution < -0.4 is 0 Å². The standard InChI is InChI=1S/C10H13Cl3O3/c1-8(2)5(14)9(3,4)7(15)16-6(8)10(11,12)13/h6H,1-4H3/t6-/m0/s1. The summed E-state index contributed by atoms with van der Waals surface area (Å²) in [5.41, 5.74) is -2.22. The second kappa shape index (κ2) is 3.76. The van der Waals surface area contributed by atoms with Crippen molar-refractivity contribution >= 4 is 46.6 Å². The number of cyclic esters (lactones) is 1. The molecule has 0 unspecified atom stereocenters. The van der Waals surface area contributed by atoms with Crippen LogP contribution in [0.1, 0.15) is 27.7 Å². The van der Waals surface area contributed by atoms with Crippen LogP contribution in [0.25, 0.3) is 0 Å². The van der Waals surface area contributed by atoms with Crippen LogP contribution in [0.3, 0.4) is 0 Å². The van der Waals surface area contributed by atoms with Crippen LogP contribution in [0.4, 0.5) is 0 Å². The summed E-state index contributed by atoms with van der Waals surface area (Å²) < 4.78 is 3.28. The fraction of sp³-hybridized carbons (Fsp3) is 0.800. The fourth-order valence-corrected chi connectivity index (χ4v) is 2.85. The van der Waals surface area contributed by atoms with Crippen molar-refractivity contribution in [3.63, 3.8) is 0 Å². The molecule has 0 spiro atoms. The number of rotatable bonds is 0. The van der Waals surface area contributed by atoms with E-state index in [1.165, 1.54) is 13.8 Å². The molecule has 1 fully saturated rings. The van der Waals surface area contributed by atoms with Gasteiger partial charge in [-0.25, -0.2) is 0 Å². The zero-order valence-corrected chi connectivity index (χ0v) is 11.7. The topological polar surface area (TPSA) is 43.4 Å². The van der Waals surface area contributed by atoms with Gasteiger partial charge in [0.15, 0.2) is 11.9 Å². The molecule has 0 saturated carbocycles. The number of carbonyl (C=O) groups excluding carboxylic acids is 2. The maximum absolute atomic E-state index is 12.2. The highest BCUT2D eigenvalue weighted by atomic mass is 35.6. The molecule has 0 aromatic heterocycles. The molecule has 6 heteroatoms. The number of ketones is 1. The number of ether oxygens (including phenoxy) is 1. The van der Waals surface area contributed by atoms with E-state index in [1.54, 1.807) is 13.8 Å². The number of hydrogen-bond acceptors (Lipinski definition) is 3. The molecule has 1 heterocycles. The van der Waals surface area contributed by atoms with Crippen molar-refractivity contribution in [2.75, 3.05) is 0 Å². The van der Waals surface area contributed by atoms with Crippen molar-refractivity contribution < 1.29 is 14.3 Å². The molecular formula is C10H13Cl3O3. The smallest absolute Gasteiger partial charge is 0.319 e. The van der Waals surface area contributed by atoms with Crippen LogP contribution in [0.2, 0.25) is 0 Å². The zero-order chi connectivity index (χ0) is 12.9. The number of Topliss-reactive ketones (excluding diaryl/α,β-unsaturated/α-hetero) is 1. The fourth-order valence-electron chi connectivity index (χ4n) is 1.89. The Morgan fingerprint density at radius 1 is 1.12 bits per heavy atom. The first-order chi connectivity index (χ1) is 6.91. The highest BCUT2D eigenvalue weighted by Crippen LogP contribution is 2.48. The summed E-state index contributed by atoms with van der Waals surface area (Å²) in [6, 6.07) is 0. The van der Waals surface area contributed by atoms with Gasteiger partial charge >= 0.3 is 5.97 Å². The first-order valence-electron chi connectivity index (χ1n) is 4.74. The Morgan fingerprint density at radius 2 is 1.56 bits per heavy atom. The Morgan fingerprint density at radius 3 is 1.94 bits per heavy atom. The zero-order valence-electron chi connectivity index (χ0n) is 9.44. The third-order valence-electron chi connectivity index (χ3n) is 2.84. The molecule has 92 valence electrons. The molecule has 16 heavy (non-hydrogen) atoms. The molecule has 0 bridgehead atoms. The Hall–Kier alpha value is 0.01000. The van der Waals surface area contributed by atoms with Gasteiger partial charge in [-0.15, -0.1) is 0 Å². The van der Waals surface area contributed by atoms with Gasteiger partial charge in [-0.1, -0.05) is 34.8 Å². The summed E-state index contributed by atoms with van der Waals surface area (Å²) in [5, 5.41) is 0. The molecule has 0 radical (unpaired) electrons. The summed E-state index contributed by atoms with van der Waals surface area (Å²) in [5.74, 6) is -0.944. The number of halogens is 3. The molecule has 1 rings (SSSR count). The van der Waals surface area contributed by atoms with E-state index in [-0.39, 0.29) is 5.78 Å². The molecule has 1 aliphatic heterocycles. The Balaban J connectivity index is 3.22. The first-order valence-corrected chi connectivity index (χ1v) is 5.88. The lowest BCUT2D eigenvalue weighted by atomic mass is 9.68. The Labute approximate surface area is 109 Å².